The van der Waals surface area contributed by atoms with Crippen molar-refractivity contribution in [3.63, 3.8) is 0 Å². The van der Waals surface area contributed by atoms with Gasteiger partial charge in [-0.25, -0.2) is 9.59 Å². The SMILES string of the molecule is CC(=O)O[C@H]1CC[C@@]2(C)C(CC[C@]3(C)C2CCC2C4=C(C(C)C)C(=O)C[C@]4(NC(=O)OC4CCN(C(=O)OC(C)(C)C)CC4)CC[C@]23C)C1(C)C. The second-order valence-corrected chi connectivity index (χ2v) is 19.9. The van der Waals surface area contributed by atoms with Crippen molar-refractivity contribution in [1.82, 2.24) is 10.2 Å². The van der Waals surface area contributed by atoms with E-state index in [1.165, 1.54) is 12.5 Å². The highest BCUT2D eigenvalue weighted by molar-refractivity contribution is 6.02. The predicted molar refractivity (Wildman–Crippen MR) is 196 cm³/mol. The van der Waals surface area contributed by atoms with Crippen LogP contribution < -0.4 is 5.32 Å². The van der Waals surface area contributed by atoms with Crippen LogP contribution in [-0.2, 0) is 23.8 Å². The summed E-state index contributed by atoms with van der Waals surface area (Å²) in [5.41, 5.74) is 0.934. The van der Waals surface area contributed by atoms with E-state index in [1.807, 2.05) is 20.8 Å². The lowest BCUT2D eigenvalue weighted by atomic mass is 9.33. The van der Waals surface area contributed by atoms with Crippen LogP contribution in [0.5, 0.6) is 0 Å². The number of nitrogens with one attached hydrogen (secondary N) is 1. The maximum absolute atomic E-state index is 14.0. The highest BCUT2D eigenvalue weighted by Crippen LogP contribution is 2.75. The third kappa shape index (κ3) is 6.22. The first-order chi connectivity index (χ1) is 23.6. The van der Waals surface area contributed by atoms with Crippen molar-refractivity contribution in [2.75, 3.05) is 13.1 Å². The summed E-state index contributed by atoms with van der Waals surface area (Å²) in [6, 6.07) is 0. The maximum atomic E-state index is 14.0. The van der Waals surface area contributed by atoms with Gasteiger partial charge in [-0.3, -0.25) is 9.59 Å². The number of likely N-dealkylation sites (tertiary alicyclic amines) is 1. The van der Waals surface area contributed by atoms with Crippen molar-refractivity contribution in [2.24, 2.45) is 45.3 Å². The van der Waals surface area contributed by atoms with Gasteiger partial charge in [-0.05, 0) is 123 Å². The number of alkyl carbamates (subject to hydrolysis) is 1. The van der Waals surface area contributed by atoms with Gasteiger partial charge in [-0.2, -0.15) is 0 Å². The van der Waals surface area contributed by atoms with Crippen LogP contribution in [0.1, 0.15) is 147 Å². The Morgan fingerprint density at radius 1 is 0.824 bits per heavy atom. The van der Waals surface area contributed by atoms with E-state index in [-0.39, 0.29) is 63.5 Å². The summed E-state index contributed by atoms with van der Waals surface area (Å²) in [7, 11) is 0. The Labute approximate surface area is 306 Å². The number of fused-ring (bicyclic) bond motifs is 7. The lowest BCUT2D eigenvalue weighted by molar-refractivity contribution is -0.231. The molecule has 3 unspecified atom stereocenters. The second kappa shape index (κ2) is 12.8. The molecule has 1 saturated heterocycles. The van der Waals surface area contributed by atoms with Crippen LogP contribution in [0.4, 0.5) is 9.59 Å². The molecule has 8 atom stereocenters. The van der Waals surface area contributed by atoms with Crippen molar-refractivity contribution in [2.45, 2.75) is 170 Å². The zero-order chi connectivity index (χ0) is 37.5. The van der Waals surface area contributed by atoms with Gasteiger partial charge in [-0.15, -0.1) is 0 Å². The third-order valence-corrected chi connectivity index (χ3v) is 15.4. The van der Waals surface area contributed by atoms with Crippen LogP contribution in [0.15, 0.2) is 11.1 Å². The molecule has 0 aromatic carbocycles. The number of Topliss-reactive ketones (excluding diaryl/α,β-unsaturated/α-hetero) is 1. The first-order valence-electron chi connectivity index (χ1n) is 20.0. The molecule has 0 spiro atoms. The fraction of sp³-hybridized carbons (Fsp3) is 0.857. The molecule has 0 aromatic heterocycles. The summed E-state index contributed by atoms with van der Waals surface area (Å²) >= 11 is 0. The third-order valence-electron chi connectivity index (χ3n) is 15.4. The molecule has 0 radical (unpaired) electrons. The Bertz CT molecular complexity index is 1470. The number of allylic oxidation sites excluding steroid dienone is 1. The van der Waals surface area contributed by atoms with Crippen LogP contribution in [-0.4, -0.2) is 65.3 Å². The lowest BCUT2D eigenvalue weighted by Crippen LogP contribution is -2.67. The van der Waals surface area contributed by atoms with Crippen molar-refractivity contribution in [3.8, 4) is 0 Å². The fourth-order valence-corrected chi connectivity index (χ4v) is 13.0. The Kier molecular flexibility index (Phi) is 9.56. The molecule has 2 amide bonds. The van der Waals surface area contributed by atoms with Gasteiger partial charge >= 0.3 is 18.2 Å². The second-order valence-electron chi connectivity index (χ2n) is 19.9. The normalized spacial score (nSPS) is 39.4. The minimum atomic E-state index is -0.719. The number of hydrogen-bond donors (Lipinski definition) is 1. The average Bonchev–Trinajstić information content (AvgIpc) is 3.30. The van der Waals surface area contributed by atoms with Gasteiger partial charge in [-0.1, -0.05) is 48.5 Å². The van der Waals surface area contributed by atoms with E-state index in [0.717, 1.165) is 56.9 Å². The van der Waals surface area contributed by atoms with Crippen molar-refractivity contribution >= 4 is 23.9 Å². The number of esters is 1. The molecule has 0 aromatic rings. The van der Waals surface area contributed by atoms with Crippen molar-refractivity contribution in [3.05, 3.63) is 11.1 Å². The summed E-state index contributed by atoms with van der Waals surface area (Å²) in [6.07, 6.45) is 8.24. The Balaban J connectivity index is 1.22. The van der Waals surface area contributed by atoms with Gasteiger partial charge in [0.2, 0.25) is 0 Å². The van der Waals surface area contributed by atoms with Crippen molar-refractivity contribution < 1.29 is 33.4 Å². The smallest absolute Gasteiger partial charge is 0.410 e. The van der Waals surface area contributed by atoms with Gasteiger partial charge in [0.15, 0.2) is 5.78 Å². The number of hydrogen-bond acceptors (Lipinski definition) is 7. The first kappa shape index (κ1) is 38.2. The molecule has 1 aliphatic heterocycles. The first-order valence-corrected chi connectivity index (χ1v) is 20.0. The molecule has 4 saturated carbocycles. The van der Waals surface area contributed by atoms with Gasteiger partial charge in [0.1, 0.15) is 17.8 Å². The summed E-state index contributed by atoms with van der Waals surface area (Å²) in [6.45, 7) is 24.6. The number of rotatable bonds is 4. The molecule has 6 aliphatic rings. The molecular formula is C42H66N2O7. The summed E-state index contributed by atoms with van der Waals surface area (Å²) in [4.78, 5) is 54.1. The van der Waals surface area contributed by atoms with Gasteiger partial charge in [0, 0.05) is 44.7 Å². The topological polar surface area (TPSA) is 111 Å². The van der Waals surface area contributed by atoms with Crippen LogP contribution in [0.3, 0.4) is 0 Å². The highest BCUT2D eigenvalue weighted by atomic mass is 16.6. The van der Waals surface area contributed by atoms with Crippen LogP contribution in [0.2, 0.25) is 0 Å². The monoisotopic (exact) mass is 710 g/mol. The average molecular weight is 711 g/mol. The Morgan fingerprint density at radius 3 is 2.10 bits per heavy atom. The van der Waals surface area contributed by atoms with Crippen molar-refractivity contribution in [1.29, 1.82) is 0 Å². The predicted octanol–water partition coefficient (Wildman–Crippen LogP) is 8.78. The molecule has 6 rings (SSSR count). The number of carbonyl (C=O) groups is 4. The van der Waals surface area contributed by atoms with Gasteiger partial charge in [0.05, 0.1) is 5.54 Å². The molecule has 1 N–H and O–H groups in total. The quantitative estimate of drug-likeness (QED) is 0.229. The lowest BCUT2D eigenvalue weighted by Gasteiger charge is -2.72. The standard InChI is InChI=1S/C42H66N2O7/c1-25(2)33-29(46)24-42(43-35(47)50-27-16-22-44(23-17-27)36(48)51-37(4,5)6)21-20-40(10)28(34(33)42)12-13-31-39(9)18-15-32(49-26(3)45)38(7,8)30(39)14-19-41(31,40)11/h25,27-28,30-32H,12-24H2,1-11H3,(H,43,47)/t28?,30?,31?,32-,39-,40+,41+,42+/m0/s1. The molecule has 9 nitrogen and oxygen atoms in total. The molecule has 9 heteroatoms. The van der Waals surface area contributed by atoms with E-state index >= 15 is 0 Å². The van der Waals surface area contributed by atoms with E-state index in [1.54, 1.807) is 4.90 Å². The number of piperidine rings is 1. The van der Waals surface area contributed by atoms with Gasteiger partial charge < -0.3 is 24.4 Å². The number of ether oxygens (including phenoxy) is 3. The van der Waals surface area contributed by atoms with Crippen LogP contribution in [0.25, 0.3) is 0 Å². The minimum absolute atomic E-state index is 0.0234. The van der Waals surface area contributed by atoms with Crippen LogP contribution in [0, 0.1) is 45.3 Å². The minimum Gasteiger partial charge on any atom is -0.462 e. The number of ketones is 1. The summed E-state index contributed by atoms with van der Waals surface area (Å²) in [5, 5.41) is 3.35. The fourth-order valence-electron chi connectivity index (χ4n) is 13.0. The van der Waals surface area contributed by atoms with E-state index in [0.29, 0.717) is 44.2 Å². The zero-order valence-corrected chi connectivity index (χ0v) is 33.5. The van der Waals surface area contributed by atoms with E-state index in [2.05, 4.69) is 53.8 Å². The molecule has 286 valence electrons. The summed E-state index contributed by atoms with van der Waals surface area (Å²) in [5.74, 6) is 1.26. The largest absolute Gasteiger partial charge is 0.462 e. The molecule has 51 heavy (non-hydrogen) atoms. The summed E-state index contributed by atoms with van der Waals surface area (Å²) < 4.78 is 17.5. The van der Waals surface area contributed by atoms with Crippen LogP contribution >= 0.6 is 0 Å². The zero-order valence-electron chi connectivity index (χ0n) is 33.5. The molecule has 5 fully saturated rings. The molecular weight excluding hydrogens is 644 g/mol. The van der Waals surface area contributed by atoms with E-state index in [4.69, 9.17) is 14.2 Å². The van der Waals surface area contributed by atoms with E-state index in [9.17, 15) is 19.2 Å². The Hall–Kier alpha value is -2.58. The highest BCUT2D eigenvalue weighted by Gasteiger charge is 2.70. The van der Waals surface area contributed by atoms with E-state index < -0.39 is 17.2 Å². The molecule has 1 heterocycles. The van der Waals surface area contributed by atoms with Gasteiger partial charge in [0.25, 0.3) is 0 Å². The number of nitrogens with zero attached hydrogens (tertiary/aromatic N) is 1. The maximum Gasteiger partial charge on any atom is 0.410 e. The Morgan fingerprint density at radius 2 is 1.49 bits per heavy atom. The number of amides is 2. The number of carbonyl (C=O) groups excluding carboxylic acids is 4. The molecule has 5 aliphatic carbocycles. The molecule has 0 bridgehead atoms.